The number of rotatable bonds is 7. The minimum atomic E-state index is -0.544. The molecule has 1 atom stereocenters. The van der Waals surface area contributed by atoms with Gasteiger partial charge in [0.05, 0.1) is 28.7 Å². The number of nitro groups is 1. The van der Waals surface area contributed by atoms with E-state index in [2.05, 4.69) is 10.2 Å². The summed E-state index contributed by atoms with van der Waals surface area (Å²) in [5.41, 5.74) is 1.01. The number of nitrogens with zero attached hydrogens (tertiary/aromatic N) is 2. The van der Waals surface area contributed by atoms with Crippen molar-refractivity contribution in [3.05, 3.63) is 68.7 Å². The summed E-state index contributed by atoms with van der Waals surface area (Å²) in [4.78, 5) is 25.4. The van der Waals surface area contributed by atoms with Gasteiger partial charge < -0.3 is 10.1 Å². The van der Waals surface area contributed by atoms with Gasteiger partial charge in [-0.05, 0) is 49.7 Å². The van der Waals surface area contributed by atoms with Crippen molar-refractivity contribution >= 4 is 23.2 Å². The first kappa shape index (κ1) is 20.1. The summed E-state index contributed by atoms with van der Waals surface area (Å²) < 4.78 is 5.22. The fourth-order valence-electron chi connectivity index (χ4n) is 3.42. The highest BCUT2D eigenvalue weighted by molar-refractivity contribution is 6.33. The Hall–Kier alpha value is -2.64. The van der Waals surface area contributed by atoms with Gasteiger partial charge >= 0.3 is 0 Å². The normalized spacial score (nSPS) is 15.2. The van der Waals surface area contributed by atoms with Gasteiger partial charge in [0.1, 0.15) is 5.75 Å². The number of hydrogen-bond donors (Lipinski definition) is 1. The third-order valence-electron chi connectivity index (χ3n) is 4.94. The Morgan fingerprint density at radius 1 is 1.25 bits per heavy atom. The topological polar surface area (TPSA) is 84.7 Å². The zero-order valence-electron chi connectivity index (χ0n) is 15.6. The molecule has 1 fully saturated rings. The van der Waals surface area contributed by atoms with Crippen molar-refractivity contribution in [3.63, 3.8) is 0 Å². The van der Waals surface area contributed by atoms with Crippen LogP contribution in [0, 0.1) is 10.1 Å². The Bertz CT molecular complexity index is 851. The average Bonchev–Trinajstić information content (AvgIpc) is 3.23. The summed E-state index contributed by atoms with van der Waals surface area (Å²) in [6, 6.07) is 11.7. The van der Waals surface area contributed by atoms with Crippen LogP contribution in [0.25, 0.3) is 0 Å². The van der Waals surface area contributed by atoms with Crippen LogP contribution in [-0.2, 0) is 0 Å². The number of nitrogens with one attached hydrogen (secondary N) is 1. The summed E-state index contributed by atoms with van der Waals surface area (Å²) in [6.07, 6.45) is 2.24. The van der Waals surface area contributed by atoms with E-state index in [1.165, 1.54) is 18.2 Å². The number of carbonyl (C=O) groups excluding carboxylic acids is 1. The molecule has 7 nitrogen and oxygen atoms in total. The van der Waals surface area contributed by atoms with Crippen molar-refractivity contribution in [2.45, 2.75) is 18.9 Å². The molecule has 1 amide bonds. The predicted molar refractivity (Wildman–Crippen MR) is 107 cm³/mol. The van der Waals surface area contributed by atoms with Crippen molar-refractivity contribution in [3.8, 4) is 5.75 Å². The van der Waals surface area contributed by atoms with E-state index < -0.39 is 10.8 Å². The van der Waals surface area contributed by atoms with Gasteiger partial charge in [-0.1, -0.05) is 23.7 Å². The maximum Gasteiger partial charge on any atom is 0.270 e. The maximum absolute atomic E-state index is 12.6. The highest BCUT2D eigenvalue weighted by Gasteiger charge is 2.25. The van der Waals surface area contributed by atoms with Crippen LogP contribution in [0.1, 0.15) is 34.8 Å². The number of ether oxygens (including phenoxy) is 1. The van der Waals surface area contributed by atoms with E-state index in [1.54, 1.807) is 7.11 Å². The minimum absolute atomic E-state index is 0.00910. The van der Waals surface area contributed by atoms with E-state index in [-0.39, 0.29) is 22.3 Å². The predicted octanol–water partition coefficient (Wildman–Crippen LogP) is 3.82. The largest absolute Gasteiger partial charge is 0.497 e. The number of amides is 1. The molecular formula is C20H22ClN3O4. The number of methoxy groups -OCH3 is 1. The number of halogens is 1. The lowest BCUT2D eigenvalue weighted by atomic mass is 10.0. The summed E-state index contributed by atoms with van der Waals surface area (Å²) in [6.45, 7) is 2.30. The summed E-state index contributed by atoms with van der Waals surface area (Å²) in [5, 5.41) is 14.1. The van der Waals surface area contributed by atoms with Crippen LogP contribution < -0.4 is 10.1 Å². The molecule has 1 heterocycles. The first-order valence-corrected chi connectivity index (χ1v) is 9.47. The molecule has 1 N–H and O–H groups in total. The summed E-state index contributed by atoms with van der Waals surface area (Å²) in [5.74, 6) is 0.350. The molecule has 0 radical (unpaired) electrons. The Kier molecular flexibility index (Phi) is 6.49. The Labute approximate surface area is 168 Å². The zero-order chi connectivity index (χ0) is 20.1. The Balaban J connectivity index is 1.77. The van der Waals surface area contributed by atoms with Crippen LogP contribution in [0.5, 0.6) is 5.75 Å². The molecule has 1 saturated heterocycles. The highest BCUT2D eigenvalue weighted by Crippen LogP contribution is 2.27. The molecule has 1 aliphatic heterocycles. The molecule has 1 unspecified atom stereocenters. The number of hydrogen-bond acceptors (Lipinski definition) is 5. The Morgan fingerprint density at radius 2 is 1.93 bits per heavy atom. The lowest BCUT2D eigenvalue weighted by Gasteiger charge is -2.28. The van der Waals surface area contributed by atoms with Gasteiger partial charge in [0.15, 0.2) is 0 Å². The molecule has 148 valence electrons. The van der Waals surface area contributed by atoms with Crippen LogP contribution in [0.3, 0.4) is 0 Å². The SMILES string of the molecule is COc1ccc(C(CNC(=O)c2cc([N+](=O)[O-])ccc2Cl)N2CCCC2)cc1. The van der Waals surface area contributed by atoms with Crippen molar-refractivity contribution in [2.75, 3.05) is 26.7 Å². The standard InChI is InChI=1S/C20H22ClN3O4/c1-28-16-7-4-14(5-8-16)19(23-10-2-3-11-23)13-22-20(25)17-12-15(24(26)27)6-9-18(17)21/h4-9,12,19H,2-3,10-11,13H2,1H3,(H,22,25). The number of likely N-dealkylation sites (tertiary alicyclic amines) is 1. The molecule has 3 rings (SSSR count). The number of nitro benzene ring substituents is 1. The van der Waals surface area contributed by atoms with Crippen LogP contribution >= 0.6 is 11.6 Å². The van der Waals surface area contributed by atoms with Gasteiger partial charge in [0.2, 0.25) is 0 Å². The van der Waals surface area contributed by atoms with Crippen LogP contribution in [-0.4, -0.2) is 42.5 Å². The van der Waals surface area contributed by atoms with E-state index in [4.69, 9.17) is 16.3 Å². The molecule has 0 saturated carbocycles. The highest BCUT2D eigenvalue weighted by atomic mass is 35.5. The monoisotopic (exact) mass is 403 g/mol. The van der Waals surface area contributed by atoms with Gasteiger partial charge in [-0.25, -0.2) is 0 Å². The second-order valence-electron chi connectivity index (χ2n) is 6.66. The zero-order valence-corrected chi connectivity index (χ0v) is 16.3. The fourth-order valence-corrected chi connectivity index (χ4v) is 3.63. The number of carbonyl (C=O) groups is 1. The molecule has 2 aromatic rings. The van der Waals surface area contributed by atoms with Crippen LogP contribution in [0.15, 0.2) is 42.5 Å². The summed E-state index contributed by atoms with van der Waals surface area (Å²) >= 11 is 6.08. The van der Waals surface area contributed by atoms with Crippen molar-refractivity contribution in [2.24, 2.45) is 0 Å². The van der Waals surface area contributed by atoms with E-state index in [1.807, 2.05) is 24.3 Å². The van der Waals surface area contributed by atoms with E-state index in [0.29, 0.717) is 6.54 Å². The van der Waals surface area contributed by atoms with E-state index >= 15 is 0 Å². The molecule has 0 bridgehead atoms. The van der Waals surface area contributed by atoms with E-state index in [0.717, 1.165) is 37.2 Å². The molecule has 0 aliphatic carbocycles. The molecule has 28 heavy (non-hydrogen) atoms. The third-order valence-corrected chi connectivity index (χ3v) is 5.27. The quantitative estimate of drug-likeness (QED) is 0.561. The molecule has 0 aromatic heterocycles. The van der Waals surface area contributed by atoms with Crippen molar-refractivity contribution in [1.29, 1.82) is 0 Å². The van der Waals surface area contributed by atoms with Crippen molar-refractivity contribution in [1.82, 2.24) is 10.2 Å². The fraction of sp³-hybridized carbons (Fsp3) is 0.350. The molecule has 2 aromatic carbocycles. The maximum atomic E-state index is 12.6. The second-order valence-corrected chi connectivity index (χ2v) is 7.07. The van der Waals surface area contributed by atoms with Crippen molar-refractivity contribution < 1.29 is 14.5 Å². The number of non-ortho nitro benzene ring substituents is 1. The van der Waals surface area contributed by atoms with Gasteiger partial charge in [-0.15, -0.1) is 0 Å². The number of benzene rings is 2. The molecular weight excluding hydrogens is 382 g/mol. The second kappa shape index (κ2) is 9.03. The first-order chi connectivity index (χ1) is 13.5. The lowest BCUT2D eigenvalue weighted by Crippen LogP contribution is -2.36. The van der Waals surface area contributed by atoms with Gasteiger partial charge in [0.25, 0.3) is 11.6 Å². The minimum Gasteiger partial charge on any atom is -0.497 e. The molecule has 1 aliphatic rings. The van der Waals surface area contributed by atoms with Crippen LogP contribution in [0.2, 0.25) is 5.02 Å². The third kappa shape index (κ3) is 4.61. The van der Waals surface area contributed by atoms with Gasteiger partial charge in [0, 0.05) is 18.7 Å². The first-order valence-electron chi connectivity index (χ1n) is 9.09. The lowest BCUT2D eigenvalue weighted by molar-refractivity contribution is -0.384. The van der Waals surface area contributed by atoms with Gasteiger partial charge in [-0.3, -0.25) is 19.8 Å². The van der Waals surface area contributed by atoms with E-state index in [9.17, 15) is 14.9 Å². The summed E-state index contributed by atoms with van der Waals surface area (Å²) in [7, 11) is 1.62. The smallest absolute Gasteiger partial charge is 0.270 e. The molecule has 0 spiro atoms. The molecule has 8 heteroatoms. The average molecular weight is 404 g/mol. The Morgan fingerprint density at radius 3 is 2.54 bits per heavy atom. The van der Waals surface area contributed by atoms with Gasteiger partial charge in [-0.2, -0.15) is 0 Å². The van der Waals surface area contributed by atoms with Crippen LogP contribution in [0.4, 0.5) is 5.69 Å².